The summed E-state index contributed by atoms with van der Waals surface area (Å²) in [6.07, 6.45) is 0. The summed E-state index contributed by atoms with van der Waals surface area (Å²) in [7, 11) is 4.60. The van der Waals surface area contributed by atoms with Gasteiger partial charge in [0.15, 0.2) is 11.5 Å². The van der Waals surface area contributed by atoms with Crippen LogP contribution in [0.15, 0.2) is 36.4 Å². The Bertz CT molecular complexity index is 818. The van der Waals surface area contributed by atoms with E-state index in [1.54, 1.807) is 31.4 Å². The summed E-state index contributed by atoms with van der Waals surface area (Å²) in [5, 5.41) is 0. The number of methoxy groups -OCH3 is 3. The Hall–Kier alpha value is -2.80. The van der Waals surface area contributed by atoms with Crippen molar-refractivity contribution in [3.63, 3.8) is 0 Å². The van der Waals surface area contributed by atoms with Crippen molar-refractivity contribution in [3.8, 4) is 17.2 Å². The molecule has 1 fully saturated rings. The molecule has 28 heavy (non-hydrogen) atoms. The summed E-state index contributed by atoms with van der Waals surface area (Å²) < 4.78 is 29.0. The normalized spacial score (nSPS) is 14.6. The number of hydrogen-bond donors (Lipinski definition) is 0. The van der Waals surface area contributed by atoms with Gasteiger partial charge in [-0.15, -0.1) is 0 Å². The van der Waals surface area contributed by atoms with Crippen molar-refractivity contribution in [2.24, 2.45) is 0 Å². The van der Waals surface area contributed by atoms with Gasteiger partial charge in [-0.05, 0) is 17.7 Å². The maximum atomic E-state index is 13.0. The fourth-order valence-electron chi connectivity index (χ4n) is 3.32. The molecule has 0 aliphatic carbocycles. The molecular formula is C21H25FN2O4. The van der Waals surface area contributed by atoms with Gasteiger partial charge >= 0.3 is 0 Å². The van der Waals surface area contributed by atoms with E-state index in [2.05, 4.69) is 4.90 Å². The third-order valence-electron chi connectivity index (χ3n) is 4.92. The quantitative estimate of drug-likeness (QED) is 0.762. The van der Waals surface area contributed by atoms with Gasteiger partial charge in [0, 0.05) is 44.9 Å². The molecule has 1 heterocycles. The lowest BCUT2D eigenvalue weighted by Crippen LogP contribution is -2.48. The SMILES string of the molecule is COc1cc(OC)c(C(=O)N2CCN(Cc3ccc(F)cc3)CC2)cc1OC. The number of carbonyl (C=O) groups excluding carboxylic acids is 1. The topological polar surface area (TPSA) is 51.2 Å². The van der Waals surface area contributed by atoms with Crippen molar-refractivity contribution < 1.29 is 23.4 Å². The van der Waals surface area contributed by atoms with Crippen LogP contribution in [0.4, 0.5) is 4.39 Å². The maximum Gasteiger partial charge on any atom is 0.257 e. The minimum atomic E-state index is -0.233. The molecule has 0 unspecified atom stereocenters. The molecule has 6 nitrogen and oxygen atoms in total. The van der Waals surface area contributed by atoms with Gasteiger partial charge in [0.1, 0.15) is 11.6 Å². The molecule has 1 saturated heterocycles. The first kappa shape index (κ1) is 19.9. The van der Waals surface area contributed by atoms with Crippen LogP contribution in [0.1, 0.15) is 15.9 Å². The van der Waals surface area contributed by atoms with Crippen LogP contribution in [0.5, 0.6) is 17.2 Å². The number of piperazine rings is 1. The summed E-state index contributed by atoms with van der Waals surface area (Å²) in [5.74, 6) is 1.13. The molecule has 0 atom stereocenters. The molecule has 3 rings (SSSR count). The van der Waals surface area contributed by atoms with E-state index in [0.717, 1.165) is 25.2 Å². The van der Waals surface area contributed by atoms with Crippen molar-refractivity contribution in [1.29, 1.82) is 0 Å². The largest absolute Gasteiger partial charge is 0.496 e. The van der Waals surface area contributed by atoms with Crippen molar-refractivity contribution in [2.75, 3.05) is 47.5 Å². The van der Waals surface area contributed by atoms with Crippen LogP contribution >= 0.6 is 0 Å². The molecule has 0 bridgehead atoms. The maximum absolute atomic E-state index is 13.0. The molecular weight excluding hydrogens is 363 g/mol. The number of rotatable bonds is 6. The van der Waals surface area contributed by atoms with E-state index in [-0.39, 0.29) is 11.7 Å². The summed E-state index contributed by atoms with van der Waals surface area (Å²) in [6.45, 7) is 3.45. The second-order valence-corrected chi connectivity index (χ2v) is 6.60. The number of nitrogens with zero attached hydrogens (tertiary/aromatic N) is 2. The number of ether oxygens (including phenoxy) is 3. The van der Waals surface area contributed by atoms with Gasteiger partial charge in [-0.2, -0.15) is 0 Å². The Kier molecular flexibility index (Phi) is 6.36. The summed E-state index contributed by atoms with van der Waals surface area (Å²) in [4.78, 5) is 17.1. The lowest BCUT2D eigenvalue weighted by Gasteiger charge is -2.35. The van der Waals surface area contributed by atoms with Gasteiger partial charge in [0.2, 0.25) is 0 Å². The Morgan fingerprint density at radius 1 is 0.893 bits per heavy atom. The first-order chi connectivity index (χ1) is 13.5. The highest BCUT2D eigenvalue weighted by Crippen LogP contribution is 2.35. The van der Waals surface area contributed by atoms with Crippen LogP contribution in [0.3, 0.4) is 0 Å². The summed E-state index contributed by atoms with van der Waals surface area (Å²) in [5.41, 5.74) is 1.51. The zero-order chi connectivity index (χ0) is 20.1. The van der Waals surface area contributed by atoms with E-state index in [4.69, 9.17) is 14.2 Å². The third kappa shape index (κ3) is 4.36. The van der Waals surface area contributed by atoms with Crippen LogP contribution in [-0.2, 0) is 6.54 Å². The first-order valence-electron chi connectivity index (χ1n) is 9.11. The number of hydrogen-bond acceptors (Lipinski definition) is 5. The van der Waals surface area contributed by atoms with Gasteiger partial charge in [0.05, 0.1) is 26.9 Å². The van der Waals surface area contributed by atoms with Gasteiger partial charge < -0.3 is 19.1 Å². The van der Waals surface area contributed by atoms with Crippen LogP contribution in [0.2, 0.25) is 0 Å². The monoisotopic (exact) mass is 388 g/mol. The minimum Gasteiger partial charge on any atom is -0.496 e. The van der Waals surface area contributed by atoms with E-state index in [1.807, 2.05) is 4.90 Å². The first-order valence-corrected chi connectivity index (χ1v) is 9.11. The van der Waals surface area contributed by atoms with Crippen molar-refractivity contribution in [3.05, 3.63) is 53.3 Å². The standard InChI is InChI=1S/C21H25FN2O4/c1-26-18-13-20(28-3)19(27-2)12-17(18)21(25)24-10-8-23(9-11-24)14-15-4-6-16(22)7-5-15/h4-7,12-13H,8-11,14H2,1-3H3. The second kappa shape index (κ2) is 8.93. The molecule has 0 aromatic heterocycles. The Balaban J connectivity index is 1.67. The third-order valence-corrected chi connectivity index (χ3v) is 4.92. The number of carbonyl (C=O) groups is 1. The summed E-state index contributed by atoms with van der Waals surface area (Å²) in [6, 6.07) is 9.85. The molecule has 1 amide bonds. The predicted octanol–water partition coefficient (Wildman–Crippen LogP) is 2.81. The predicted molar refractivity (Wildman–Crippen MR) is 104 cm³/mol. The van der Waals surface area contributed by atoms with Crippen LogP contribution < -0.4 is 14.2 Å². The van der Waals surface area contributed by atoms with Gasteiger partial charge in [-0.1, -0.05) is 12.1 Å². The van der Waals surface area contributed by atoms with E-state index in [0.29, 0.717) is 35.9 Å². The molecule has 0 N–H and O–H groups in total. The van der Waals surface area contributed by atoms with Gasteiger partial charge in [0.25, 0.3) is 5.91 Å². The molecule has 1 aliphatic heterocycles. The molecule has 0 saturated carbocycles. The lowest BCUT2D eigenvalue weighted by atomic mass is 10.1. The molecule has 0 radical (unpaired) electrons. The van der Waals surface area contributed by atoms with Gasteiger partial charge in [-0.3, -0.25) is 9.69 Å². The van der Waals surface area contributed by atoms with E-state index >= 15 is 0 Å². The van der Waals surface area contributed by atoms with Gasteiger partial charge in [-0.25, -0.2) is 4.39 Å². The van der Waals surface area contributed by atoms with Crippen molar-refractivity contribution in [1.82, 2.24) is 9.80 Å². The molecule has 150 valence electrons. The molecule has 0 spiro atoms. The van der Waals surface area contributed by atoms with Crippen molar-refractivity contribution >= 4 is 5.91 Å². The highest BCUT2D eigenvalue weighted by Gasteiger charge is 2.26. The molecule has 2 aromatic carbocycles. The molecule has 7 heteroatoms. The summed E-state index contributed by atoms with van der Waals surface area (Å²) >= 11 is 0. The van der Waals surface area contributed by atoms with E-state index in [9.17, 15) is 9.18 Å². The van der Waals surface area contributed by atoms with Crippen LogP contribution in [-0.4, -0.2) is 63.2 Å². The zero-order valence-corrected chi connectivity index (χ0v) is 16.4. The molecule has 2 aromatic rings. The van der Waals surface area contributed by atoms with Crippen molar-refractivity contribution in [2.45, 2.75) is 6.54 Å². The Morgan fingerprint density at radius 2 is 1.46 bits per heavy atom. The highest BCUT2D eigenvalue weighted by molar-refractivity contribution is 5.98. The fourth-order valence-corrected chi connectivity index (χ4v) is 3.32. The Labute approximate surface area is 164 Å². The Morgan fingerprint density at radius 3 is 2.04 bits per heavy atom. The average Bonchev–Trinajstić information content (AvgIpc) is 2.74. The number of benzene rings is 2. The zero-order valence-electron chi connectivity index (χ0n) is 16.4. The lowest BCUT2D eigenvalue weighted by molar-refractivity contribution is 0.0625. The van der Waals surface area contributed by atoms with Crippen LogP contribution in [0, 0.1) is 5.82 Å². The van der Waals surface area contributed by atoms with E-state index < -0.39 is 0 Å². The van der Waals surface area contributed by atoms with E-state index in [1.165, 1.54) is 26.4 Å². The number of amides is 1. The fraction of sp³-hybridized carbons (Fsp3) is 0.381. The van der Waals surface area contributed by atoms with Crippen LogP contribution in [0.25, 0.3) is 0 Å². The molecule has 1 aliphatic rings. The average molecular weight is 388 g/mol. The highest BCUT2D eigenvalue weighted by atomic mass is 19.1. The second-order valence-electron chi connectivity index (χ2n) is 6.60. The number of halogens is 1. The smallest absolute Gasteiger partial charge is 0.257 e. The minimum absolute atomic E-state index is 0.0979.